The Kier molecular flexibility index (Phi) is 5.44. The summed E-state index contributed by atoms with van der Waals surface area (Å²) in [5.41, 5.74) is 4.18. The summed E-state index contributed by atoms with van der Waals surface area (Å²) in [4.78, 5) is 18.8. The van der Waals surface area contributed by atoms with E-state index >= 15 is 0 Å². The molecule has 1 aromatic heterocycles. The molecule has 1 atom stereocenters. The van der Waals surface area contributed by atoms with Gasteiger partial charge < -0.3 is 5.32 Å². The van der Waals surface area contributed by atoms with E-state index in [0.717, 1.165) is 28.8 Å². The lowest BCUT2D eigenvalue weighted by Gasteiger charge is -2.35. The van der Waals surface area contributed by atoms with Crippen LogP contribution < -0.4 is 5.32 Å². The Morgan fingerprint density at radius 1 is 1.00 bits per heavy atom. The van der Waals surface area contributed by atoms with Crippen LogP contribution in [0.25, 0.3) is 11.1 Å². The van der Waals surface area contributed by atoms with Gasteiger partial charge >= 0.3 is 0 Å². The van der Waals surface area contributed by atoms with Gasteiger partial charge in [0.15, 0.2) is 0 Å². The largest absolute Gasteiger partial charge is 0.353 e. The van der Waals surface area contributed by atoms with Gasteiger partial charge in [-0.3, -0.25) is 14.7 Å². The molecule has 1 amide bonds. The van der Waals surface area contributed by atoms with Gasteiger partial charge in [0.05, 0.1) is 6.04 Å². The van der Waals surface area contributed by atoms with E-state index in [1.54, 1.807) is 18.5 Å². The molecule has 4 nitrogen and oxygen atoms in total. The summed E-state index contributed by atoms with van der Waals surface area (Å²) in [7, 11) is 0. The van der Waals surface area contributed by atoms with Gasteiger partial charge in [-0.25, -0.2) is 4.39 Å². The van der Waals surface area contributed by atoms with Crippen molar-refractivity contribution in [3.8, 4) is 11.1 Å². The third-order valence-electron chi connectivity index (χ3n) is 5.09. The Morgan fingerprint density at radius 3 is 2.61 bits per heavy atom. The first kappa shape index (κ1) is 18.3. The number of piperazine rings is 1. The quantitative estimate of drug-likeness (QED) is 0.743. The molecule has 0 radical (unpaired) electrons. The molecule has 28 heavy (non-hydrogen) atoms. The summed E-state index contributed by atoms with van der Waals surface area (Å²) < 4.78 is 13.5. The van der Waals surface area contributed by atoms with Gasteiger partial charge in [-0.05, 0) is 52.9 Å². The second kappa shape index (κ2) is 8.31. The van der Waals surface area contributed by atoms with Crippen LogP contribution in [0.2, 0.25) is 0 Å². The lowest BCUT2D eigenvalue weighted by Crippen LogP contribution is -2.55. The summed E-state index contributed by atoms with van der Waals surface area (Å²) >= 11 is 0. The fraction of sp³-hybridized carbons (Fsp3) is 0.217. The highest BCUT2D eigenvalue weighted by molar-refractivity contribution is 5.83. The number of benzene rings is 2. The normalized spacial score (nSPS) is 17.3. The zero-order valence-electron chi connectivity index (χ0n) is 15.5. The minimum absolute atomic E-state index is 0.0250. The summed E-state index contributed by atoms with van der Waals surface area (Å²) in [5, 5.41) is 2.96. The van der Waals surface area contributed by atoms with Gasteiger partial charge in [0.2, 0.25) is 5.91 Å². The topological polar surface area (TPSA) is 45.2 Å². The Bertz CT molecular complexity index is 961. The monoisotopic (exact) mass is 375 g/mol. The number of nitrogens with one attached hydrogen (secondary N) is 1. The van der Waals surface area contributed by atoms with Gasteiger partial charge in [0.1, 0.15) is 5.82 Å². The Labute approximate surface area is 164 Å². The average molecular weight is 375 g/mol. The third-order valence-corrected chi connectivity index (χ3v) is 5.09. The van der Waals surface area contributed by atoms with Gasteiger partial charge in [0.25, 0.3) is 0 Å². The van der Waals surface area contributed by atoms with Crippen molar-refractivity contribution < 1.29 is 9.18 Å². The number of hydrogen-bond acceptors (Lipinski definition) is 3. The maximum atomic E-state index is 13.5. The Morgan fingerprint density at radius 2 is 1.79 bits per heavy atom. The highest BCUT2D eigenvalue weighted by Gasteiger charge is 2.29. The number of halogens is 1. The molecule has 2 heterocycles. The van der Waals surface area contributed by atoms with E-state index in [2.05, 4.69) is 27.3 Å². The van der Waals surface area contributed by atoms with Crippen molar-refractivity contribution in [3.63, 3.8) is 0 Å². The molecule has 142 valence electrons. The molecule has 4 rings (SSSR count). The van der Waals surface area contributed by atoms with E-state index in [-0.39, 0.29) is 17.8 Å². The van der Waals surface area contributed by atoms with Crippen LogP contribution in [-0.4, -0.2) is 34.9 Å². The molecule has 3 aromatic rings. The van der Waals surface area contributed by atoms with Crippen LogP contribution in [0.4, 0.5) is 4.39 Å². The van der Waals surface area contributed by atoms with Crippen molar-refractivity contribution in [1.29, 1.82) is 0 Å². The lowest BCUT2D eigenvalue weighted by molar-refractivity contribution is -0.129. The van der Waals surface area contributed by atoms with E-state index in [1.165, 1.54) is 12.1 Å². The molecule has 0 aliphatic carbocycles. The summed E-state index contributed by atoms with van der Waals surface area (Å²) in [6.07, 6.45) is 4.16. The number of amides is 1. The van der Waals surface area contributed by atoms with Gasteiger partial charge in [-0.1, -0.05) is 36.4 Å². The third kappa shape index (κ3) is 4.26. The van der Waals surface area contributed by atoms with E-state index in [4.69, 9.17) is 0 Å². The van der Waals surface area contributed by atoms with Crippen molar-refractivity contribution in [2.24, 2.45) is 0 Å². The Hall–Kier alpha value is -3.05. The molecule has 2 aromatic carbocycles. The van der Waals surface area contributed by atoms with Crippen LogP contribution in [-0.2, 0) is 17.8 Å². The maximum Gasteiger partial charge on any atom is 0.237 e. The fourth-order valence-corrected chi connectivity index (χ4v) is 3.69. The lowest BCUT2D eigenvalue weighted by atomic mass is 9.97. The fourth-order valence-electron chi connectivity index (χ4n) is 3.69. The van der Waals surface area contributed by atoms with Gasteiger partial charge in [-0.2, -0.15) is 0 Å². The van der Waals surface area contributed by atoms with Crippen LogP contribution in [0.1, 0.15) is 11.1 Å². The van der Waals surface area contributed by atoms with Crippen molar-refractivity contribution >= 4 is 5.91 Å². The van der Waals surface area contributed by atoms with E-state index in [0.29, 0.717) is 19.5 Å². The van der Waals surface area contributed by atoms with Crippen LogP contribution >= 0.6 is 0 Å². The van der Waals surface area contributed by atoms with Crippen LogP contribution in [0.5, 0.6) is 0 Å². The SMILES string of the molecule is O=C1NCCN(Cc2cccc(F)c2)[C@H]1Cc1cccc(-c2ccncc2)c1. The van der Waals surface area contributed by atoms with Crippen LogP contribution in [0.15, 0.2) is 73.1 Å². The first-order chi connectivity index (χ1) is 13.7. The molecule has 0 bridgehead atoms. The number of carbonyl (C=O) groups is 1. The maximum absolute atomic E-state index is 13.5. The minimum atomic E-state index is -0.273. The molecule has 1 saturated heterocycles. The molecule has 0 spiro atoms. The van der Waals surface area contributed by atoms with E-state index in [9.17, 15) is 9.18 Å². The highest BCUT2D eigenvalue weighted by atomic mass is 19.1. The van der Waals surface area contributed by atoms with Crippen LogP contribution in [0, 0.1) is 5.82 Å². The second-order valence-electron chi connectivity index (χ2n) is 7.05. The van der Waals surface area contributed by atoms with Crippen LogP contribution in [0.3, 0.4) is 0 Å². The zero-order chi connectivity index (χ0) is 19.3. The zero-order valence-corrected chi connectivity index (χ0v) is 15.5. The summed E-state index contributed by atoms with van der Waals surface area (Å²) in [6, 6.07) is 18.5. The number of pyridine rings is 1. The molecule has 0 saturated carbocycles. The molecular weight excluding hydrogens is 353 g/mol. The molecular formula is C23H22FN3O. The van der Waals surface area contributed by atoms with E-state index in [1.807, 2.05) is 30.3 Å². The van der Waals surface area contributed by atoms with Crippen molar-refractivity contribution in [3.05, 3.63) is 90.0 Å². The molecule has 5 heteroatoms. The first-order valence-electron chi connectivity index (χ1n) is 9.44. The van der Waals surface area contributed by atoms with Gasteiger partial charge in [0, 0.05) is 32.0 Å². The number of hydrogen-bond donors (Lipinski definition) is 1. The Balaban J connectivity index is 1.55. The molecule has 1 N–H and O–H groups in total. The minimum Gasteiger partial charge on any atom is -0.353 e. The molecule has 0 unspecified atom stereocenters. The van der Waals surface area contributed by atoms with Crippen molar-refractivity contribution in [2.45, 2.75) is 19.0 Å². The van der Waals surface area contributed by atoms with Crippen molar-refractivity contribution in [1.82, 2.24) is 15.2 Å². The predicted molar refractivity (Wildman–Crippen MR) is 107 cm³/mol. The number of rotatable bonds is 5. The highest BCUT2D eigenvalue weighted by Crippen LogP contribution is 2.22. The number of carbonyl (C=O) groups excluding carboxylic acids is 1. The second-order valence-corrected chi connectivity index (χ2v) is 7.05. The van der Waals surface area contributed by atoms with Gasteiger partial charge in [-0.15, -0.1) is 0 Å². The predicted octanol–water partition coefficient (Wildman–Crippen LogP) is 3.43. The number of aromatic nitrogens is 1. The summed E-state index contributed by atoms with van der Waals surface area (Å²) in [5.74, 6) is -0.225. The number of nitrogens with zero attached hydrogens (tertiary/aromatic N) is 2. The first-order valence-corrected chi connectivity index (χ1v) is 9.44. The molecule has 1 aliphatic heterocycles. The average Bonchev–Trinajstić information content (AvgIpc) is 2.72. The molecule has 1 aliphatic rings. The molecule has 1 fully saturated rings. The standard InChI is InChI=1S/C23H22FN3O/c24-21-6-2-4-18(14-21)16-27-12-11-26-23(28)22(27)15-17-3-1-5-20(13-17)19-7-9-25-10-8-19/h1-10,13-14,22H,11-12,15-16H2,(H,26,28)/t22-/m0/s1. The summed E-state index contributed by atoms with van der Waals surface area (Å²) in [6.45, 7) is 1.92. The van der Waals surface area contributed by atoms with E-state index < -0.39 is 0 Å². The smallest absolute Gasteiger partial charge is 0.237 e. The van der Waals surface area contributed by atoms with Crippen molar-refractivity contribution in [2.75, 3.05) is 13.1 Å².